The summed E-state index contributed by atoms with van der Waals surface area (Å²) in [6.45, 7) is 1.70. The van der Waals surface area contributed by atoms with E-state index in [2.05, 4.69) is 30.5 Å². The van der Waals surface area contributed by atoms with Crippen molar-refractivity contribution in [2.75, 3.05) is 18.0 Å². The number of hydrogen-bond donors (Lipinski definition) is 3. The zero-order valence-corrected chi connectivity index (χ0v) is 14.9. The van der Waals surface area contributed by atoms with Gasteiger partial charge in [0.15, 0.2) is 5.82 Å². The second-order valence-electron chi connectivity index (χ2n) is 5.59. The van der Waals surface area contributed by atoms with Gasteiger partial charge in [0.1, 0.15) is 6.33 Å². The average molecular weight is 384 g/mol. The van der Waals surface area contributed by atoms with Crippen molar-refractivity contribution in [3.8, 4) is 0 Å². The Balaban J connectivity index is 0.00000113. The van der Waals surface area contributed by atoms with E-state index in [9.17, 15) is 4.79 Å². The molecule has 4 rings (SSSR count). The number of rotatable bonds is 3. The smallest absolute Gasteiger partial charge is 0.296 e. The van der Waals surface area contributed by atoms with E-state index in [1.807, 2.05) is 24.3 Å². The number of aromatic amines is 2. The molecule has 1 unspecified atom stereocenters. The number of benzene rings is 1. The Bertz CT molecular complexity index is 781. The van der Waals surface area contributed by atoms with Gasteiger partial charge >= 0.3 is 0 Å². The van der Waals surface area contributed by atoms with Crippen molar-refractivity contribution in [2.45, 2.75) is 18.9 Å². The highest BCUT2D eigenvalue weighted by Gasteiger charge is 2.31. The fraction of sp³-hybridized carbons (Fsp3) is 0.333. The number of nitrogens with one attached hydrogen (secondary N) is 3. The summed E-state index contributed by atoms with van der Waals surface area (Å²) in [4.78, 5) is 25.1. The Morgan fingerprint density at radius 1 is 1.24 bits per heavy atom. The van der Waals surface area contributed by atoms with Crippen LogP contribution in [0.25, 0.3) is 11.0 Å². The number of anilines is 1. The number of para-hydroxylation sites is 2. The Morgan fingerprint density at radius 3 is 2.76 bits per heavy atom. The summed E-state index contributed by atoms with van der Waals surface area (Å²) >= 11 is 0. The summed E-state index contributed by atoms with van der Waals surface area (Å²) < 4.78 is 0. The Hall–Kier alpha value is -2.16. The molecule has 3 N–H and O–H groups in total. The molecule has 1 fully saturated rings. The molecule has 1 atom stereocenters. The number of piperidine rings is 1. The zero-order valence-electron chi connectivity index (χ0n) is 13.3. The molecule has 1 amide bonds. The van der Waals surface area contributed by atoms with Crippen LogP contribution in [0.3, 0.4) is 0 Å². The second-order valence-corrected chi connectivity index (χ2v) is 5.59. The van der Waals surface area contributed by atoms with Crippen molar-refractivity contribution in [3.63, 3.8) is 0 Å². The summed E-state index contributed by atoms with van der Waals surface area (Å²) in [5.74, 6) is 0.559. The molecule has 2 aromatic heterocycles. The topological polar surface area (TPSA) is 103 Å². The van der Waals surface area contributed by atoms with Crippen LogP contribution >= 0.6 is 24.8 Å². The van der Waals surface area contributed by atoms with Gasteiger partial charge < -0.3 is 15.3 Å². The largest absolute Gasteiger partial charge is 0.334 e. The van der Waals surface area contributed by atoms with Crippen LogP contribution in [0.15, 0.2) is 30.6 Å². The molecule has 0 saturated carbocycles. The monoisotopic (exact) mass is 383 g/mol. The molecule has 1 aliphatic rings. The first-order valence-electron chi connectivity index (χ1n) is 7.68. The molecule has 10 heteroatoms. The van der Waals surface area contributed by atoms with Crippen molar-refractivity contribution in [3.05, 3.63) is 36.4 Å². The first-order valence-corrected chi connectivity index (χ1v) is 7.68. The molecule has 3 heterocycles. The highest BCUT2D eigenvalue weighted by Crippen LogP contribution is 2.20. The van der Waals surface area contributed by atoms with Gasteiger partial charge in [0, 0.05) is 6.54 Å². The van der Waals surface area contributed by atoms with Gasteiger partial charge in [-0.3, -0.25) is 9.69 Å². The van der Waals surface area contributed by atoms with Gasteiger partial charge in [-0.25, -0.2) is 4.98 Å². The quantitative estimate of drug-likeness (QED) is 0.640. The zero-order chi connectivity index (χ0) is 15.6. The molecule has 8 nitrogen and oxygen atoms in total. The fourth-order valence-electron chi connectivity index (χ4n) is 2.97. The minimum Gasteiger partial charge on any atom is -0.334 e. The Kier molecular flexibility index (Phi) is 6.35. The average Bonchev–Trinajstić information content (AvgIpc) is 3.25. The van der Waals surface area contributed by atoms with Crippen molar-refractivity contribution in [2.24, 2.45) is 0 Å². The molecule has 3 aromatic rings. The van der Waals surface area contributed by atoms with E-state index in [4.69, 9.17) is 0 Å². The molecule has 0 radical (unpaired) electrons. The van der Waals surface area contributed by atoms with Gasteiger partial charge in [-0.05, 0) is 31.5 Å². The first kappa shape index (κ1) is 19.2. The molecular weight excluding hydrogens is 365 g/mol. The van der Waals surface area contributed by atoms with Gasteiger partial charge in [0.2, 0.25) is 5.95 Å². The lowest BCUT2D eigenvalue weighted by Crippen LogP contribution is -2.49. The van der Waals surface area contributed by atoms with Crippen LogP contribution in [0.4, 0.5) is 5.95 Å². The summed E-state index contributed by atoms with van der Waals surface area (Å²) in [7, 11) is 0. The SMILES string of the molecule is Cl.Cl.O=C(c1nc2ccccc2[nH]1)N(c1nnc[nH]1)C1CCCNC1. The second kappa shape index (κ2) is 8.28. The van der Waals surface area contributed by atoms with Crippen molar-refractivity contribution in [1.29, 1.82) is 0 Å². The molecule has 0 aliphatic carbocycles. The van der Waals surface area contributed by atoms with E-state index < -0.39 is 0 Å². The Labute approximate surface area is 156 Å². The van der Waals surface area contributed by atoms with Crippen LogP contribution in [0.1, 0.15) is 23.5 Å². The number of H-pyrrole nitrogens is 2. The molecule has 1 saturated heterocycles. The van der Waals surface area contributed by atoms with E-state index >= 15 is 0 Å². The van der Waals surface area contributed by atoms with Gasteiger partial charge in [-0.1, -0.05) is 12.1 Å². The molecule has 134 valence electrons. The highest BCUT2D eigenvalue weighted by atomic mass is 35.5. The number of nitrogens with zero attached hydrogens (tertiary/aromatic N) is 4. The van der Waals surface area contributed by atoms with Crippen LogP contribution in [0.5, 0.6) is 0 Å². The minimum absolute atomic E-state index is 0. The Morgan fingerprint density at radius 2 is 2.08 bits per heavy atom. The summed E-state index contributed by atoms with van der Waals surface area (Å²) in [6.07, 6.45) is 3.41. The molecule has 1 aliphatic heterocycles. The number of imidazole rings is 1. The summed E-state index contributed by atoms with van der Waals surface area (Å²) in [5.41, 5.74) is 1.62. The number of amides is 1. The van der Waals surface area contributed by atoms with Crippen molar-refractivity contribution < 1.29 is 4.79 Å². The van der Waals surface area contributed by atoms with Crippen molar-refractivity contribution in [1.82, 2.24) is 30.5 Å². The highest BCUT2D eigenvalue weighted by molar-refractivity contribution is 6.04. The number of carbonyl (C=O) groups excluding carboxylic acids is 1. The van der Waals surface area contributed by atoms with Crippen LogP contribution < -0.4 is 10.2 Å². The molecule has 0 spiro atoms. The maximum atomic E-state index is 13.0. The van der Waals surface area contributed by atoms with Crippen LogP contribution in [0, 0.1) is 0 Å². The number of fused-ring (bicyclic) bond motifs is 1. The molecule has 25 heavy (non-hydrogen) atoms. The van der Waals surface area contributed by atoms with E-state index in [1.165, 1.54) is 6.33 Å². The van der Waals surface area contributed by atoms with E-state index in [-0.39, 0.29) is 36.8 Å². The standard InChI is InChI=1S/C15H17N7O.2ClH/c23-14(13-19-11-5-1-2-6-12(11)20-13)22(15-17-9-18-21-15)10-4-3-7-16-8-10;;/h1-2,5-6,9-10,16H,3-4,7-8H2,(H,19,20)(H,17,18,21);2*1H. The van der Waals surface area contributed by atoms with Gasteiger partial charge in [-0.2, -0.15) is 0 Å². The van der Waals surface area contributed by atoms with Crippen LogP contribution in [0.2, 0.25) is 0 Å². The fourth-order valence-corrected chi connectivity index (χ4v) is 2.97. The van der Waals surface area contributed by atoms with Crippen molar-refractivity contribution >= 4 is 47.7 Å². The minimum atomic E-state index is -0.202. The van der Waals surface area contributed by atoms with E-state index in [0.717, 1.165) is 37.0 Å². The maximum absolute atomic E-state index is 13.0. The van der Waals surface area contributed by atoms with Gasteiger partial charge in [0.25, 0.3) is 5.91 Å². The summed E-state index contributed by atoms with van der Waals surface area (Å²) in [5, 5.41) is 11.2. The van der Waals surface area contributed by atoms with Gasteiger partial charge in [-0.15, -0.1) is 35.0 Å². The van der Waals surface area contributed by atoms with Gasteiger partial charge in [0.05, 0.1) is 17.1 Å². The van der Waals surface area contributed by atoms with E-state index in [0.29, 0.717) is 11.8 Å². The molecular formula is C15H19Cl2N7O. The summed E-state index contributed by atoms with van der Waals surface area (Å²) in [6, 6.07) is 7.62. The predicted molar refractivity (Wildman–Crippen MR) is 99.7 cm³/mol. The third kappa shape index (κ3) is 3.76. The number of halogens is 2. The third-order valence-electron chi connectivity index (χ3n) is 4.08. The van der Waals surface area contributed by atoms with Crippen LogP contribution in [-0.2, 0) is 0 Å². The molecule has 1 aromatic carbocycles. The maximum Gasteiger partial charge on any atom is 0.296 e. The predicted octanol–water partition coefficient (Wildman–Crippen LogP) is 1.92. The number of hydrogen-bond acceptors (Lipinski definition) is 5. The molecule has 0 bridgehead atoms. The lowest BCUT2D eigenvalue weighted by atomic mass is 10.1. The first-order chi connectivity index (χ1) is 11.3. The number of carbonyl (C=O) groups is 1. The van der Waals surface area contributed by atoms with E-state index in [1.54, 1.807) is 4.90 Å². The van der Waals surface area contributed by atoms with Crippen LogP contribution in [-0.4, -0.2) is 50.2 Å². The normalized spacial score (nSPS) is 16.7. The lowest BCUT2D eigenvalue weighted by molar-refractivity contribution is 0.0961. The number of aromatic nitrogens is 5. The lowest BCUT2D eigenvalue weighted by Gasteiger charge is -2.32. The third-order valence-corrected chi connectivity index (χ3v) is 4.08.